The Morgan fingerprint density at radius 1 is 1.21 bits per heavy atom. The maximum absolute atomic E-state index is 10.2. The number of allylic oxidation sites excluding steroid dienone is 1. The Balaban J connectivity index is 1.40. The number of halogens is 1. The minimum Gasteiger partial charge on any atom is -0.508 e. The lowest BCUT2D eigenvalue weighted by Crippen LogP contribution is -2.33. The van der Waals surface area contributed by atoms with Gasteiger partial charge in [-0.1, -0.05) is 41.6 Å². The molecule has 0 radical (unpaired) electrons. The quantitative estimate of drug-likeness (QED) is 0.319. The van der Waals surface area contributed by atoms with Crippen molar-refractivity contribution < 1.29 is 9.84 Å². The summed E-state index contributed by atoms with van der Waals surface area (Å²) in [5.41, 5.74) is 2.05. The summed E-state index contributed by atoms with van der Waals surface area (Å²) in [5.74, 6) is 3.25. The largest absolute Gasteiger partial charge is 0.508 e. The van der Waals surface area contributed by atoms with Crippen LogP contribution >= 0.6 is 23.4 Å². The van der Waals surface area contributed by atoms with Crippen LogP contribution in [0.4, 0.5) is 0 Å². The Kier molecular flexibility index (Phi) is 7.96. The van der Waals surface area contributed by atoms with E-state index in [1.54, 1.807) is 31.0 Å². The summed E-state index contributed by atoms with van der Waals surface area (Å²) in [6.45, 7) is 7.20. The molecule has 174 valence electrons. The number of rotatable bonds is 9. The van der Waals surface area contributed by atoms with Crippen molar-refractivity contribution in [1.82, 2.24) is 19.7 Å². The van der Waals surface area contributed by atoms with E-state index in [-0.39, 0.29) is 0 Å². The van der Waals surface area contributed by atoms with Gasteiger partial charge in [0, 0.05) is 35.3 Å². The number of phenolic OH excluding ortho intramolecular Hbond substituents is 1. The molecule has 1 aliphatic rings. The normalized spacial score (nSPS) is 15.0. The average molecular weight is 485 g/mol. The average Bonchev–Trinajstić information content (AvgIpc) is 3.22. The van der Waals surface area contributed by atoms with Crippen LogP contribution in [0.2, 0.25) is 5.02 Å². The predicted octanol–water partition coefficient (Wildman–Crippen LogP) is 5.50. The fourth-order valence-corrected chi connectivity index (χ4v) is 5.30. The van der Waals surface area contributed by atoms with Gasteiger partial charge in [-0.05, 0) is 61.8 Å². The lowest BCUT2D eigenvalue weighted by atomic mass is 9.95. The molecule has 1 aliphatic heterocycles. The van der Waals surface area contributed by atoms with Gasteiger partial charge in [-0.15, -0.1) is 16.8 Å². The van der Waals surface area contributed by atoms with Crippen molar-refractivity contribution in [3.8, 4) is 11.5 Å². The molecule has 0 aliphatic carbocycles. The van der Waals surface area contributed by atoms with Gasteiger partial charge in [0.1, 0.15) is 17.3 Å². The molecule has 0 bridgehead atoms. The zero-order valence-electron chi connectivity index (χ0n) is 18.8. The van der Waals surface area contributed by atoms with Gasteiger partial charge in [-0.25, -0.2) is 0 Å². The van der Waals surface area contributed by atoms with E-state index in [4.69, 9.17) is 16.3 Å². The summed E-state index contributed by atoms with van der Waals surface area (Å²) < 4.78 is 7.49. The molecular weight excluding hydrogens is 456 g/mol. The third-order valence-corrected chi connectivity index (χ3v) is 7.22. The van der Waals surface area contributed by atoms with E-state index in [9.17, 15) is 5.11 Å². The summed E-state index contributed by atoms with van der Waals surface area (Å²) in [7, 11) is 1.64. The molecule has 0 amide bonds. The lowest BCUT2D eigenvalue weighted by molar-refractivity contribution is 0.198. The molecule has 33 heavy (non-hydrogen) atoms. The maximum atomic E-state index is 10.2. The predicted molar refractivity (Wildman–Crippen MR) is 133 cm³/mol. The van der Waals surface area contributed by atoms with Crippen LogP contribution in [0.5, 0.6) is 11.5 Å². The fraction of sp³-hybridized carbons (Fsp3) is 0.360. The summed E-state index contributed by atoms with van der Waals surface area (Å²) >= 11 is 7.79. The number of methoxy groups -OCH3 is 1. The van der Waals surface area contributed by atoms with E-state index in [0.717, 1.165) is 64.6 Å². The second kappa shape index (κ2) is 11.1. The van der Waals surface area contributed by atoms with Crippen molar-refractivity contribution in [2.75, 3.05) is 20.2 Å². The van der Waals surface area contributed by atoms with Crippen LogP contribution in [-0.4, -0.2) is 45.0 Å². The molecular formula is C25H29ClN4O2S. The van der Waals surface area contributed by atoms with Crippen LogP contribution in [0.1, 0.15) is 35.7 Å². The van der Waals surface area contributed by atoms with E-state index < -0.39 is 0 Å². The van der Waals surface area contributed by atoms with Crippen molar-refractivity contribution in [2.24, 2.45) is 0 Å². The van der Waals surface area contributed by atoms with E-state index in [2.05, 4.69) is 32.3 Å². The van der Waals surface area contributed by atoms with Crippen molar-refractivity contribution in [1.29, 1.82) is 0 Å². The fourth-order valence-electron chi connectivity index (χ4n) is 4.19. The zero-order valence-corrected chi connectivity index (χ0v) is 20.4. The number of benzene rings is 2. The number of thioether (sulfide) groups is 1. The molecule has 1 fully saturated rings. The molecule has 8 heteroatoms. The minimum atomic E-state index is 0.310. The Morgan fingerprint density at radius 3 is 2.76 bits per heavy atom. The van der Waals surface area contributed by atoms with Crippen LogP contribution in [0.15, 0.2) is 60.3 Å². The summed E-state index contributed by atoms with van der Waals surface area (Å²) in [6.07, 6.45) is 3.90. The first-order chi connectivity index (χ1) is 16.1. The molecule has 2 aromatic carbocycles. The van der Waals surface area contributed by atoms with Crippen LogP contribution in [0.25, 0.3) is 0 Å². The van der Waals surface area contributed by atoms with Gasteiger partial charge in [0.25, 0.3) is 0 Å². The number of piperidine rings is 1. The number of ether oxygens (including phenoxy) is 1. The van der Waals surface area contributed by atoms with Crippen LogP contribution in [-0.2, 0) is 18.8 Å². The van der Waals surface area contributed by atoms with Crippen molar-refractivity contribution in [3.63, 3.8) is 0 Å². The second-order valence-electron chi connectivity index (χ2n) is 8.20. The highest BCUT2D eigenvalue weighted by molar-refractivity contribution is 7.98. The van der Waals surface area contributed by atoms with Gasteiger partial charge in [-0.2, -0.15) is 0 Å². The molecule has 1 saturated heterocycles. The highest BCUT2D eigenvalue weighted by atomic mass is 35.5. The number of nitrogens with zero attached hydrogens (tertiary/aromatic N) is 4. The van der Waals surface area contributed by atoms with Crippen molar-refractivity contribution in [2.45, 2.75) is 42.8 Å². The Morgan fingerprint density at radius 2 is 2.03 bits per heavy atom. The molecule has 0 unspecified atom stereocenters. The maximum Gasteiger partial charge on any atom is 0.191 e. The molecule has 0 atom stereocenters. The third kappa shape index (κ3) is 5.91. The molecule has 6 nitrogen and oxygen atoms in total. The van der Waals surface area contributed by atoms with Crippen LogP contribution in [0.3, 0.4) is 0 Å². The van der Waals surface area contributed by atoms with Gasteiger partial charge in [-0.3, -0.25) is 4.90 Å². The molecule has 2 heterocycles. The first-order valence-electron chi connectivity index (χ1n) is 11.1. The van der Waals surface area contributed by atoms with Gasteiger partial charge < -0.3 is 14.4 Å². The zero-order chi connectivity index (χ0) is 23.2. The van der Waals surface area contributed by atoms with Gasteiger partial charge in [0.15, 0.2) is 5.16 Å². The van der Waals surface area contributed by atoms with Crippen molar-refractivity contribution >= 4 is 23.4 Å². The van der Waals surface area contributed by atoms with E-state index >= 15 is 0 Å². The van der Waals surface area contributed by atoms with Crippen LogP contribution < -0.4 is 4.74 Å². The lowest BCUT2D eigenvalue weighted by Gasteiger charge is -2.31. The molecule has 0 spiro atoms. The number of phenols is 1. The Labute approximate surface area is 204 Å². The molecule has 3 aromatic rings. The highest BCUT2D eigenvalue weighted by Crippen LogP contribution is 2.32. The molecule has 4 rings (SSSR count). The van der Waals surface area contributed by atoms with E-state index in [1.165, 1.54) is 0 Å². The second-order valence-corrected chi connectivity index (χ2v) is 9.58. The van der Waals surface area contributed by atoms with Gasteiger partial charge in [0.05, 0.1) is 7.11 Å². The van der Waals surface area contributed by atoms with Gasteiger partial charge >= 0.3 is 0 Å². The van der Waals surface area contributed by atoms with Crippen LogP contribution in [0, 0.1) is 0 Å². The van der Waals surface area contributed by atoms with E-state index in [0.29, 0.717) is 24.8 Å². The Bertz CT molecular complexity index is 1100. The molecule has 1 N–H and O–H groups in total. The monoisotopic (exact) mass is 484 g/mol. The highest BCUT2D eigenvalue weighted by Gasteiger charge is 2.26. The smallest absolute Gasteiger partial charge is 0.191 e. The first kappa shape index (κ1) is 23.7. The number of aromatic hydroxyl groups is 1. The van der Waals surface area contributed by atoms with E-state index in [1.807, 2.05) is 30.3 Å². The Hall–Kier alpha value is -2.48. The third-order valence-electron chi connectivity index (χ3n) is 5.95. The summed E-state index contributed by atoms with van der Waals surface area (Å²) in [6, 6.07) is 13.3. The molecule has 0 saturated carbocycles. The minimum absolute atomic E-state index is 0.310. The number of hydrogen-bond acceptors (Lipinski definition) is 6. The first-order valence-corrected chi connectivity index (χ1v) is 12.4. The van der Waals surface area contributed by atoms with Gasteiger partial charge in [0.2, 0.25) is 0 Å². The summed E-state index contributed by atoms with van der Waals surface area (Å²) in [4.78, 5) is 2.37. The topological polar surface area (TPSA) is 63.4 Å². The summed E-state index contributed by atoms with van der Waals surface area (Å²) in [5, 5.41) is 20.9. The SMILES string of the molecule is C=CCn1c(SCc2cccc(Cl)c2)nnc1C1CCN(Cc2cc(OC)ccc2O)CC1. The number of aromatic nitrogens is 3. The number of hydrogen-bond donors (Lipinski definition) is 1. The molecule has 1 aromatic heterocycles. The van der Waals surface area contributed by atoms with Crippen molar-refractivity contribution in [3.05, 3.63) is 77.1 Å². The number of likely N-dealkylation sites (tertiary alicyclic amines) is 1. The standard InChI is InChI=1S/C25H29ClN4O2S/c1-3-11-30-24(27-28-25(30)33-17-18-5-4-6-21(26)14-18)19-9-12-29(13-10-19)16-20-15-22(32-2)7-8-23(20)31/h3-8,14-15,19,31H,1,9-13,16-17H2,2H3.